The van der Waals surface area contributed by atoms with Crippen LogP contribution in [0.1, 0.15) is 45.4 Å². The van der Waals surface area contributed by atoms with Crippen molar-refractivity contribution in [2.24, 2.45) is 5.41 Å². The minimum atomic E-state index is -0.223. The first-order valence-corrected chi connectivity index (χ1v) is 7.20. The highest BCUT2D eigenvalue weighted by Gasteiger charge is 2.38. The molecule has 0 atom stereocenters. The maximum absolute atomic E-state index is 12.4. The molecule has 5 nitrogen and oxygen atoms in total. The number of piperidine rings is 1. The molecule has 0 saturated carbocycles. The molecule has 1 heterocycles. The number of nitrogens with one attached hydrogen (secondary N) is 2. The average Bonchev–Trinajstić information content (AvgIpc) is 2.44. The highest BCUT2D eigenvalue weighted by molar-refractivity contribution is 5.82. The van der Waals surface area contributed by atoms with Crippen LogP contribution in [-0.2, 0) is 14.3 Å². The van der Waals surface area contributed by atoms with Crippen molar-refractivity contribution >= 4 is 11.9 Å². The fraction of sp³-hybridized carbons (Fsp3) is 0.857. The second-order valence-electron chi connectivity index (χ2n) is 5.22. The first-order chi connectivity index (χ1) is 9.14. The van der Waals surface area contributed by atoms with Crippen molar-refractivity contribution in [3.8, 4) is 0 Å². The van der Waals surface area contributed by atoms with Crippen LogP contribution in [0.15, 0.2) is 0 Å². The lowest BCUT2D eigenvalue weighted by Crippen LogP contribution is -2.47. The standard InChI is InChI=1S/C14H26N2O3/c1-3-6-14(7-10-15-11-8-14)13(18)16-9-4-5-12(17)19-2/h15H,3-11H2,1-2H3,(H,16,18). The monoisotopic (exact) mass is 270 g/mol. The molecule has 0 bridgehead atoms. The molecule has 1 aliphatic heterocycles. The third-order valence-electron chi connectivity index (χ3n) is 3.84. The van der Waals surface area contributed by atoms with Gasteiger partial charge in [0.1, 0.15) is 0 Å². The summed E-state index contributed by atoms with van der Waals surface area (Å²) in [5.74, 6) is -0.0693. The first kappa shape index (κ1) is 16.0. The van der Waals surface area contributed by atoms with Gasteiger partial charge >= 0.3 is 5.97 Å². The second kappa shape index (κ2) is 8.15. The third-order valence-corrected chi connectivity index (χ3v) is 3.84. The molecule has 0 aromatic rings. The van der Waals surface area contributed by atoms with Gasteiger partial charge in [-0.15, -0.1) is 0 Å². The van der Waals surface area contributed by atoms with Crippen LogP contribution in [-0.4, -0.2) is 38.6 Å². The van der Waals surface area contributed by atoms with E-state index in [1.165, 1.54) is 7.11 Å². The molecule has 0 aromatic carbocycles. The normalized spacial score (nSPS) is 17.8. The molecule has 0 radical (unpaired) electrons. The van der Waals surface area contributed by atoms with E-state index in [0.29, 0.717) is 19.4 Å². The summed E-state index contributed by atoms with van der Waals surface area (Å²) in [5.41, 5.74) is -0.203. The summed E-state index contributed by atoms with van der Waals surface area (Å²) < 4.78 is 4.57. The Morgan fingerprint density at radius 2 is 2.00 bits per heavy atom. The molecule has 0 aliphatic carbocycles. The Labute approximate surface area is 115 Å². The molecule has 1 aliphatic rings. The summed E-state index contributed by atoms with van der Waals surface area (Å²) in [6.45, 7) is 4.49. The van der Waals surface area contributed by atoms with Crippen molar-refractivity contribution < 1.29 is 14.3 Å². The summed E-state index contributed by atoms with van der Waals surface area (Å²) in [5, 5.41) is 6.28. The van der Waals surface area contributed by atoms with Crippen LogP contribution in [0.2, 0.25) is 0 Å². The molecular formula is C14H26N2O3. The fourth-order valence-electron chi connectivity index (χ4n) is 2.70. The first-order valence-electron chi connectivity index (χ1n) is 7.20. The van der Waals surface area contributed by atoms with Gasteiger partial charge in [-0.25, -0.2) is 0 Å². The van der Waals surface area contributed by atoms with E-state index >= 15 is 0 Å². The number of carbonyl (C=O) groups is 2. The highest BCUT2D eigenvalue weighted by atomic mass is 16.5. The topological polar surface area (TPSA) is 67.4 Å². The maximum Gasteiger partial charge on any atom is 0.305 e. The van der Waals surface area contributed by atoms with Crippen LogP contribution in [0.4, 0.5) is 0 Å². The van der Waals surface area contributed by atoms with Gasteiger partial charge in [-0.05, 0) is 38.8 Å². The van der Waals surface area contributed by atoms with Gasteiger partial charge in [-0.2, -0.15) is 0 Å². The van der Waals surface area contributed by atoms with Crippen LogP contribution in [0.5, 0.6) is 0 Å². The van der Waals surface area contributed by atoms with Gasteiger partial charge in [0.05, 0.1) is 12.5 Å². The Hall–Kier alpha value is -1.10. The number of hydrogen-bond donors (Lipinski definition) is 2. The SMILES string of the molecule is CCCC1(C(=O)NCCCC(=O)OC)CCNCC1. The van der Waals surface area contributed by atoms with E-state index in [4.69, 9.17) is 0 Å². The maximum atomic E-state index is 12.4. The van der Waals surface area contributed by atoms with Crippen LogP contribution in [0.3, 0.4) is 0 Å². The van der Waals surface area contributed by atoms with E-state index in [1.807, 2.05) is 0 Å². The number of rotatable bonds is 7. The number of methoxy groups -OCH3 is 1. The van der Waals surface area contributed by atoms with E-state index in [2.05, 4.69) is 22.3 Å². The molecule has 1 saturated heterocycles. The highest BCUT2D eigenvalue weighted by Crippen LogP contribution is 2.34. The van der Waals surface area contributed by atoms with Crippen LogP contribution >= 0.6 is 0 Å². The predicted octanol–water partition coefficient (Wildman–Crippen LogP) is 1.23. The predicted molar refractivity (Wildman–Crippen MR) is 73.7 cm³/mol. The van der Waals surface area contributed by atoms with Crippen LogP contribution in [0.25, 0.3) is 0 Å². The van der Waals surface area contributed by atoms with E-state index in [9.17, 15) is 9.59 Å². The van der Waals surface area contributed by atoms with Crippen LogP contribution < -0.4 is 10.6 Å². The number of esters is 1. The van der Waals surface area contributed by atoms with Crippen LogP contribution in [0, 0.1) is 5.41 Å². The van der Waals surface area contributed by atoms with E-state index in [1.54, 1.807) is 0 Å². The molecule has 0 aromatic heterocycles. The lowest BCUT2D eigenvalue weighted by atomic mass is 9.74. The summed E-state index contributed by atoms with van der Waals surface area (Å²) in [6, 6.07) is 0. The second-order valence-corrected chi connectivity index (χ2v) is 5.22. The smallest absolute Gasteiger partial charge is 0.305 e. The zero-order valence-corrected chi connectivity index (χ0v) is 12.1. The summed E-state index contributed by atoms with van der Waals surface area (Å²) in [7, 11) is 1.38. The molecule has 1 fully saturated rings. The van der Waals surface area contributed by atoms with E-state index in [-0.39, 0.29) is 17.3 Å². The minimum Gasteiger partial charge on any atom is -0.469 e. The fourth-order valence-corrected chi connectivity index (χ4v) is 2.70. The molecule has 1 rings (SSSR count). The summed E-state index contributed by atoms with van der Waals surface area (Å²) >= 11 is 0. The molecule has 0 spiro atoms. The molecule has 2 N–H and O–H groups in total. The molecular weight excluding hydrogens is 244 g/mol. The van der Waals surface area contributed by atoms with Gasteiger partial charge in [0, 0.05) is 13.0 Å². The Balaban J connectivity index is 2.38. The quantitative estimate of drug-likeness (QED) is 0.539. The van der Waals surface area contributed by atoms with E-state index < -0.39 is 0 Å². The third kappa shape index (κ3) is 4.82. The van der Waals surface area contributed by atoms with Gasteiger partial charge in [0.15, 0.2) is 0 Å². The number of ether oxygens (including phenoxy) is 1. The number of hydrogen-bond acceptors (Lipinski definition) is 4. The molecule has 1 amide bonds. The van der Waals surface area contributed by atoms with Gasteiger partial charge in [0.25, 0.3) is 0 Å². The lowest BCUT2D eigenvalue weighted by Gasteiger charge is -2.36. The van der Waals surface area contributed by atoms with Gasteiger partial charge in [0.2, 0.25) is 5.91 Å². The molecule has 110 valence electrons. The van der Waals surface area contributed by atoms with Crippen molar-refractivity contribution in [3.05, 3.63) is 0 Å². The van der Waals surface area contributed by atoms with E-state index in [0.717, 1.165) is 38.8 Å². The minimum absolute atomic E-state index is 0.153. The summed E-state index contributed by atoms with van der Waals surface area (Å²) in [6.07, 6.45) is 4.78. The summed E-state index contributed by atoms with van der Waals surface area (Å²) in [4.78, 5) is 23.3. The number of carbonyl (C=O) groups excluding carboxylic acids is 2. The van der Waals surface area contributed by atoms with Crippen molar-refractivity contribution in [1.29, 1.82) is 0 Å². The largest absolute Gasteiger partial charge is 0.469 e. The average molecular weight is 270 g/mol. The Bertz CT molecular complexity index is 294. The van der Waals surface area contributed by atoms with Gasteiger partial charge in [-0.3, -0.25) is 9.59 Å². The van der Waals surface area contributed by atoms with Gasteiger partial charge < -0.3 is 15.4 Å². The zero-order valence-electron chi connectivity index (χ0n) is 12.1. The Morgan fingerprint density at radius 3 is 2.58 bits per heavy atom. The Kier molecular flexibility index (Phi) is 6.84. The van der Waals surface area contributed by atoms with Crippen molar-refractivity contribution in [2.75, 3.05) is 26.7 Å². The van der Waals surface area contributed by atoms with Gasteiger partial charge in [-0.1, -0.05) is 13.3 Å². The van der Waals surface area contributed by atoms with Crippen molar-refractivity contribution in [2.45, 2.75) is 45.4 Å². The van der Waals surface area contributed by atoms with Crippen molar-refractivity contribution in [1.82, 2.24) is 10.6 Å². The zero-order chi connectivity index (χ0) is 14.1. The number of amides is 1. The molecule has 5 heteroatoms. The van der Waals surface area contributed by atoms with Crippen molar-refractivity contribution in [3.63, 3.8) is 0 Å². The Morgan fingerprint density at radius 1 is 1.32 bits per heavy atom. The molecule has 0 unspecified atom stereocenters. The lowest BCUT2D eigenvalue weighted by molar-refractivity contribution is -0.141. The molecule has 19 heavy (non-hydrogen) atoms.